The molecule has 0 radical (unpaired) electrons. The molecule has 1 rings (SSSR count). The minimum Gasteiger partial charge on any atom is -0.491 e. The molecule has 1 aromatic carbocycles. The lowest BCUT2D eigenvalue weighted by molar-refractivity contribution is -0.387. The largest absolute Gasteiger partial charge is 0.491 e. The topological polar surface area (TPSA) is 55.6 Å². The Labute approximate surface area is 88.1 Å². The second-order valence-electron chi connectivity index (χ2n) is 2.81. The molecule has 0 saturated carbocycles. The number of hydrogen-bond donors (Lipinski definition) is 0. The Hall–Kier alpha value is -1.99. The molecule has 0 heterocycles. The van der Waals surface area contributed by atoms with E-state index in [0.717, 1.165) is 14.2 Å². The second-order valence-corrected chi connectivity index (χ2v) is 2.81. The predicted molar refractivity (Wildman–Crippen MR) is 49.1 cm³/mol. The highest BCUT2D eigenvalue weighted by atomic mass is 19.2. The third kappa shape index (κ3) is 1.86. The van der Waals surface area contributed by atoms with E-state index in [1.807, 2.05) is 0 Å². The van der Waals surface area contributed by atoms with Crippen LogP contribution in [0.15, 0.2) is 6.07 Å². The number of anilines is 1. The molecule has 0 aliphatic carbocycles. The number of ether oxygens (including phenoxy) is 1. The highest BCUT2D eigenvalue weighted by molar-refractivity contribution is 5.65. The minimum absolute atomic E-state index is 0.246. The van der Waals surface area contributed by atoms with Gasteiger partial charge in [-0.2, -0.15) is 4.39 Å². The maximum Gasteiger partial charge on any atom is 0.334 e. The molecule has 0 spiro atoms. The van der Waals surface area contributed by atoms with Crippen molar-refractivity contribution in [1.82, 2.24) is 0 Å². The molecule has 0 aliphatic rings. The van der Waals surface area contributed by atoms with Crippen molar-refractivity contribution in [2.24, 2.45) is 0 Å². The Morgan fingerprint density at radius 1 is 1.50 bits per heavy atom. The van der Waals surface area contributed by atoms with Gasteiger partial charge in [0.1, 0.15) is 0 Å². The van der Waals surface area contributed by atoms with E-state index in [4.69, 9.17) is 0 Å². The zero-order chi connectivity index (χ0) is 12.5. The molecule has 1 aromatic rings. The van der Waals surface area contributed by atoms with Crippen LogP contribution in [0.25, 0.3) is 0 Å². The van der Waals surface area contributed by atoms with E-state index < -0.39 is 33.7 Å². The molecule has 0 bridgehead atoms. The lowest BCUT2D eigenvalue weighted by Gasteiger charge is -2.11. The highest BCUT2D eigenvalue weighted by Gasteiger charge is 2.30. The summed E-state index contributed by atoms with van der Waals surface area (Å²) in [5.74, 6) is -3.69. The molecule has 0 aromatic heterocycles. The van der Waals surface area contributed by atoms with Crippen molar-refractivity contribution in [3.8, 4) is 5.75 Å². The first kappa shape index (κ1) is 12.1. The van der Waals surface area contributed by atoms with Gasteiger partial charge in [0.05, 0.1) is 12.0 Å². The van der Waals surface area contributed by atoms with Crippen molar-refractivity contribution < 1.29 is 22.9 Å². The Morgan fingerprint density at radius 2 is 2.06 bits per heavy atom. The van der Waals surface area contributed by atoms with E-state index in [1.165, 1.54) is 0 Å². The average Bonchev–Trinajstić information content (AvgIpc) is 2.16. The maximum atomic E-state index is 13.4. The van der Waals surface area contributed by atoms with Crippen LogP contribution in [-0.4, -0.2) is 19.1 Å². The molecule has 16 heavy (non-hydrogen) atoms. The van der Waals surface area contributed by atoms with Crippen LogP contribution in [0.2, 0.25) is 0 Å². The van der Waals surface area contributed by atoms with Gasteiger partial charge < -0.3 is 4.74 Å². The molecule has 0 aliphatic heterocycles. The molecule has 5 nitrogen and oxygen atoms in total. The quantitative estimate of drug-likeness (QED) is 0.458. The third-order valence-electron chi connectivity index (χ3n) is 1.85. The summed E-state index contributed by atoms with van der Waals surface area (Å²) in [6.07, 6.45) is 0. The normalized spacial score (nSPS) is 10.1. The zero-order valence-corrected chi connectivity index (χ0v) is 8.33. The molecule has 88 valence electrons. The van der Waals surface area contributed by atoms with Gasteiger partial charge in [0.2, 0.25) is 5.82 Å². The molecule has 8 heteroatoms. The fourth-order valence-electron chi connectivity index (χ4n) is 1.17. The summed E-state index contributed by atoms with van der Waals surface area (Å²) in [7, 11) is 1.73. The van der Waals surface area contributed by atoms with Crippen molar-refractivity contribution in [3.05, 3.63) is 27.8 Å². The molecular weight excluding hydrogens is 229 g/mol. The first-order valence-electron chi connectivity index (χ1n) is 4.00. The summed E-state index contributed by atoms with van der Waals surface area (Å²) in [6.45, 7) is 0. The number of methoxy groups -OCH3 is 1. The van der Waals surface area contributed by atoms with Gasteiger partial charge >= 0.3 is 5.69 Å². The first-order chi connectivity index (χ1) is 7.40. The molecule has 0 amide bonds. The first-order valence-corrected chi connectivity index (χ1v) is 4.00. The lowest BCUT2D eigenvalue weighted by Crippen LogP contribution is -2.09. The van der Waals surface area contributed by atoms with Crippen LogP contribution >= 0.6 is 0 Å². The average molecular weight is 236 g/mol. The van der Waals surface area contributed by atoms with Gasteiger partial charge in [-0.3, -0.25) is 10.1 Å². The van der Waals surface area contributed by atoms with Crippen molar-refractivity contribution in [2.75, 3.05) is 19.3 Å². The van der Waals surface area contributed by atoms with Gasteiger partial charge in [-0.15, -0.1) is 4.48 Å². The Kier molecular flexibility index (Phi) is 3.21. The van der Waals surface area contributed by atoms with E-state index in [1.54, 1.807) is 0 Å². The van der Waals surface area contributed by atoms with Crippen LogP contribution in [0.5, 0.6) is 5.75 Å². The van der Waals surface area contributed by atoms with Gasteiger partial charge in [-0.05, 0) is 0 Å². The van der Waals surface area contributed by atoms with Gasteiger partial charge in [-0.1, -0.05) is 0 Å². The minimum atomic E-state index is -1.55. The lowest BCUT2D eigenvalue weighted by atomic mass is 10.2. The third-order valence-corrected chi connectivity index (χ3v) is 1.85. The van der Waals surface area contributed by atoms with Crippen LogP contribution in [0, 0.1) is 21.7 Å². The number of rotatable bonds is 3. The van der Waals surface area contributed by atoms with E-state index in [-0.39, 0.29) is 5.12 Å². The maximum absolute atomic E-state index is 13.4. The Morgan fingerprint density at radius 3 is 2.44 bits per heavy atom. The molecule has 0 fully saturated rings. The van der Waals surface area contributed by atoms with Crippen LogP contribution in [-0.2, 0) is 0 Å². The smallest absolute Gasteiger partial charge is 0.334 e. The van der Waals surface area contributed by atoms with Crippen molar-refractivity contribution in [1.29, 1.82) is 0 Å². The molecule has 0 N–H and O–H groups in total. The van der Waals surface area contributed by atoms with Crippen LogP contribution < -0.4 is 9.86 Å². The van der Waals surface area contributed by atoms with Crippen LogP contribution in [0.4, 0.5) is 24.6 Å². The van der Waals surface area contributed by atoms with Gasteiger partial charge in [0.25, 0.3) is 0 Å². The summed E-state index contributed by atoms with van der Waals surface area (Å²) in [6, 6.07) is 0.486. The summed E-state index contributed by atoms with van der Waals surface area (Å²) >= 11 is 0. The molecule has 0 atom stereocenters. The summed E-state index contributed by atoms with van der Waals surface area (Å²) in [4.78, 5) is 9.37. The monoisotopic (exact) mass is 236 g/mol. The SMILES string of the molecule is COc1c(F)cc(N(C)F)c([N+](=O)[O-])c1F. The second kappa shape index (κ2) is 4.25. The van der Waals surface area contributed by atoms with Gasteiger partial charge in [0.15, 0.2) is 17.3 Å². The standard InChI is InChI=1S/C8H7F3N2O3/c1-12(11)5-3-4(9)8(16-2)6(10)7(5)13(14)15/h3H,1-2H3. The Balaban J connectivity index is 3.59. The number of nitro groups is 1. The highest BCUT2D eigenvalue weighted by Crippen LogP contribution is 2.37. The summed E-state index contributed by atoms with van der Waals surface area (Å²) in [5.41, 5.74) is -2.00. The number of benzene rings is 1. The van der Waals surface area contributed by atoms with E-state index in [9.17, 15) is 23.4 Å². The van der Waals surface area contributed by atoms with E-state index in [2.05, 4.69) is 4.74 Å². The fraction of sp³-hybridized carbons (Fsp3) is 0.250. The number of hydrogen-bond acceptors (Lipinski definition) is 4. The van der Waals surface area contributed by atoms with Crippen molar-refractivity contribution in [3.63, 3.8) is 0 Å². The number of halogens is 3. The molecule has 0 saturated heterocycles. The van der Waals surface area contributed by atoms with Gasteiger partial charge in [-0.25, -0.2) is 9.51 Å². The molecule has 0 unspecified atom stereocenters. The van der Waals surface area contributed by atoms with E-state index >= 15 is 0 Å². The Bertz CT molecular complexity index is 437. The van der Waals surface area contributed by atoms with Crippen LogP contribution in [0.1, 0.15) is 0 Å². The van der Waals surface area contributed by atoms with Crippen LogP contribution in [0.3, 0.4) is 0 Å². The molecular formula is C8H7F3N2O3. The summed E-state index contributed by atoms with van der Waals surface area (Å²) in [5, 5.41) is 10.3. The zero-order valence-electron chi connectivity index (χ0n) is 8.33. The van der Waals surface area contributed by atoms with E-state index in [0.29, 0.717) is 6.07 Å². The number of nitrogens with zero attached hydrogens (tertiary/aromatic N) is 2. The summed E-state index contributed by atoms with van der Waals surface area (Å²) < 4.78 is 43.7. The van der Waals surface area contributed by atoms with Crippen molar-refractivity contribution in [2.45, 2.75) is 0 Å². The number of nitro benzene ring substituents is 1. The fourth-order valence-corrected chi connectivity index (χ4v) is 1.17. The van der Waals surface area contributed by atoms with Gasteiger partial charge in [0, 0.05) is 13.1 Å². The predicted octanol–water partition coefficient (Wildman–Crippen LogP) is 2.20. The van der Waals surface area contributed by atoms with Crippen molar-refractivity contribution >= 4 is 11.4 Å².